The quantitative estimate of drug-likeness (QED) is 0.847. The largest absolute Gasteiger partial charge is 0.450 e. The number of amides is 1. The third kappa shape index (κ3) is 2.25. The van der Waals surface area contributed by atoms with E-state index in [1.54, 1.807) is 25.1 Å². The Bertz CT molecular complexity index is 524. The SMILES string of the molecule is CCOC(=O)Nc1ccc2nc(Cl)[nH]c2c1. The van der Waals surface area contributed by atoms with Crippen molar-refractivity contribution in [3.8, 4) is 0 Å². The molecule has 0 atom stereocenters. The van der Waals surface area contributed by atoms with Crippen molar-refractivity contribution in [2.45, 2.75) is 6.92 Å². The van der Waals surface area contributed by atoms with Crippen LogP contribution in [0.2, 0.25) is 5.28 Å². The number of aromatic amines is 1. The number of carbonyl (C=O) groups is 1. The summed E-state index contributed by atoms with van der Waals surface area (Å²) in [6.45, 7) is 2.08. The third-order valence-electron chi connectivity index (χ3n) is 1.97. The molecule has 0 spiro atoms. The predicted octanol–water partition coefficient (Wildman–Crippen LogP) is 2.78. The molecule has 6 heteroatoms. The van der Waals surface area contributed by atoms with E-state index in [1.807, 2.05) is 0 Å². The number of halogens is 1. The van der Waals surface area contributed by atoms with Crippen LogP contribution >= 0.6 is 11.6 Å². The normalized spacial score (nSPS) is 10.4. The fourth-order valence-electron chi connectivity index (χ4n) is 1.34. The molecule has 2 N–H and O–H groups in total. The lowest BCUT2D eigenvalue weighted by molar-refractivity contribution is 0.168. The maximum absolute atomic E-state index is 11.2. The van der Waals surface area contributed by atoms with E-state index in [1.165, 1.54) is 0 Å². The first-order chi connectivity index (χ1) is 7.69. The Hall–Kier alpha value is -1.75. The van der Waals surface area contributed by atoms with Crippen molar-refractivity contribution in [2.75, 3.05) is 11.9 Å². The zero-order valence-corrected chi connectivity index (χ0v) is 9.34. The molecular formula is C10H10ClN3O2. The second kappa shape index (κ2) is 4.40. The topological polar surface area (TPSA) is 67.0 Å². The van der Waals surface area contributed by atoms with Gasteiger partial charge in [0.2, 0.25) is 5.28 Å². The van der Waals surface area contributed by atoms with Crippen LogP contribution in [0.15, 0.2) is 18.2 Å². The molecule has 0 aliphatic carbocycles. The first-order valence-corrected chi connectivity index (χ1v) is 5.16. The summed E-state index contributed by atoms with van der Waals surface area (Å²) in [6, 6.07) is 5.24. The molecule has 0 radical (unpaired) electrons. The fourth-order valence-corrected chi connectivity index (χ4v) is 1.53. The number of ether oxygens (including phenoxy) is 1. The number of imidazole rings is 1. The summed E-state index contributed by atoms with van der Waals surface area (Å²) in [7, 11) is 0. The monoisotopic (exact) mass is 239 g/mol. The van der Waals surface area contributed by atoms with Crippen molar-refractivity contribution >= 4 is 34.4 Å². The summed E-state index contributed by atoms with van der Waals surface area (Å²) in [5, 5.41) is 2.91. The summed E-state index contributed by atoms with van der Waals surface area (Å²) in [6.07, 6.45) is -0.479. The number of nitrogens with one attached hydrogen (secondary N) is 2. The molecule has 0 bridgehead atoms. The van der Waals surface area contributed by atoms with Crippen LogP contribution in [0.4, 0.5) is 10.5 Å². The predicted molar refractivity (Wildman–Crippen MR) is 61.7 cm³/mol. The number of hydrogen-bond donors (Lipinski definition) is 2. The summed E-state index contributed by atoms with van der Waals surface area (Å²) in [4.78, 5) is 18.1. The molecule has 16 heavy (non-hydrogen) atoms. The van der Waals surface area contributed by atoms with E-state index in [2.05, 4.69) is 15.3 Å². The highest BCUT2D eigenvalue weighted by Crippen LogP contribution is 2.19. The van der Waals surface area contributed by atoms with Crippen molar-refractivity contribution in [1.29, 1.82) is 0 Å². The minimum absolute atomic E-state index is 0.322. The Kier molecular flexibility index (Phi) is 2.96. The van der Waals surface area contributed by atoms with Crippen LogP contribution in [0.5, 0.6) is 0 Å². The zero-order valence-electron chi connectivity index (χ0n) is 8.58. The van der Waals surface area contributed by atoms with Crippen LogP contribution in [0.3, 0.4) is 0 Å². The van der Waals surface area contributed by atoms with Gasteiger partial charge in [-0.25, -0.2) is 9.78 Å². The summed E-state index contributed by atoms with van der Waals surface area (Å²) in [5.74, 6) is 0. The maximum atomic E-state index is 11.2. The Labute approximate surface area is 96.8 Å². The van der Waals surface area contributed by atoms with Crippen molar-refractivity contribution in [1.82, 2.24) is 9.97 Å². The number of rotatable bonds is 2. The first-order valence-electron chi connectivity index (χ1n) is 4.78. The van der Waals surface area contributed by atoms with Gasteiger partial charge in [0.25, 0.3) is 0 Å². The van der Waals surface area contributed by atoms with Gasteiger partial charge in [-0.1, -0.05) is 0 Å². The number of anilines is 1. The van der Waals surface area contributed by atoms with E-state index in [0.29, 0.717) is 17.6 Å². The van der Waals surface area contributed by atoms with Gasteiger partial charge in [-0.2, -0.15) is 0 Å². The molecule has 0 aliphatic heterocycles. The third-order valence-corrected chi connectivity index (χ3v) is 2.15. The molecule has 0 saturated heterocycles. The molecule has 5 nitrogen and oxygen atoms in total. The molecule has 0 aliphatic rings. The lowest BCUT2D eigenvalue weighted by atomic mass is 10.3. The Morgan fingerprint density at radius 3 is 3.19 bits per heavy atom. The molecule has 1 heterocycles. The number of hydrogen-bond acceptors (Lipinski definition) is 3. The molecule has 2 rings (SSSR count). The minimum Gasteiger partial charge on any atom is -0.450 e. The second-order valence-corrected chi connectivity index (χ2v) is 3.46. The van der Waals surface area contributed by atoms with Crippen LogP contribution < -0.4 is 5.32 Å². The summed E-state index contributed by atoms with van der Waals surface area (Å²) in [5.41, 5.74) is 2.14. The lowest BCUT2D eigenvalue weighted by Gasteiger charge is -2.04. The summed E-state index contributed by atoms with van der Waals surface area (Å²) < 4.78 is 4.76. The Morgan fingerprint density at radius 1 is 1.62 bits per heavy atom. The van der Waals surface area contributed by atoms with Crippen LogP contribution in [0.1, 0.15) is 6.92 Å². The van der Waals surface area contributed by atoms with Crippen LogP contribution in [0.25, 0.3) is 11.0 Å². The number of aromatic nitrogens is 2. The highest BCUT2D eigenvalue weighted by molar-refractivity contribution is 6.29. The number of benzene rings is 1. The first kappa shape index (κ1) is 10.8. The van der Waals surface area contributed by atoms with Crippen LogP contribution in [0, 0.1) is 0 Å². The zero-order chi connectivity index (χ0) is 11.5. The van der Waals surface area contributed by atoms with Gasteiger partial charge in [-0.3, -0.25) is 5.32 Å². The maximum Gasteiger partial charge on any atom is 0.411 e. The lowest BCUT2D eigenvalue weighted by Crippen LogP contribution is -2.13. The Morgan fingerprint density at radius 2 is 2.44 bits per heavy atom. The molecule has 1 aromatic carbocycles. The molecule has 1 aromatic heterocycles. The van der Waals surface area contributed by atoms with Crippen molar-refractivity contribution < 1.29 is 9.53 Å². The van der Waals surface area contributed by atoms with Gasteiger partial charge < -0.3 is 9.72 Å². The van der Waals surface area contributed by atoms with E-state index in [0.717, 1.165) is 11.0 Å². The van der Waals surface area contributed by atoms with E-state index in [-0.39, 0.29) is 0 Å². The standard InChI is InChI=1S/C10H10ClN3O2/c1-2-16-10(15)12-6-3-4-7-8(5-6)14-9(11)13-7/h3-5H,2H2,1H3,(H,12,15)(H,13,14). The molecular weight excluding hydrogens is 230 g/mol. The molecule has 0 fully saturated rings. The van der Waals surface area contributed by atoms with E-state index in [4.69, 9.17) is 16.3 Å². The van der Waals surface area contributed by atoms with Crippen molar-refractivity contribution in [2.24, 2.45) is 0 Å². The van der Waals surface area contributed by atoms with Gasteiger partial charge in [0.05, 0.1) is 17.6 Å². The highest BCUT2D eigenvalue weighted by Gasteiger charge is 2.05. The van der Waals surface area contributed by atoms with Crippen LogP contribution in [-0.2, 0) is 4.74 Å². The highest BCUT2D eigenvalue weighted by atomic mass is 35.5. The number of H-pyrrole nitrogens is 1. The van der Waals surface area contributed by atoms with E-state index < -0.39 is 6.09 Å². The number of carbonyl (C=O) groups excluding carboxylic acids is 1. The average molecular weight is 240 g/mol. The minimum atomic E-state index is -0.479. The van der Waals surface area contributed by atoms with Gasteiger partial charge in [0, 0.05) is 5.69 Å². The van der Waals surface area contributed by atoms with Gasteiger partial charge >= 0.3 is 6.09 Å². The van der Waals surface area contributed by atoms with Crippen LogP contribution in [-0.4, -0.2) is 22.7 Å². The smallest absolute Gasteiger partial charge is 0.411 e. The van der Waals surface area contributed by atoms with E-state index in [9.17, 15) is 4.79 Å². The number of nitrogens with zero attached hydrogens (tertiary/aromatic N) is 1. The van der Waals surface area contributed by atoms with Gasteiger partial charge in [-0.15, -0.1) is 0 Å². The molecule has 2 aromatic rings. The number of fused-ring (bicyclic) bond motifs is 1. The fraction of sp³-hybridized carbons (Fsp3) is 0.200. The van der Waals surface area contributed by atoms with Crippen molar-refractivity contribution in [3.63, 3.8) is 0 Å². The van der Waals surface area contributed by atoms with Gasteiger partial charge in [0.1, 0.15) is 0 Å². The Balaban J connectivity index is 2.22. The molecule has 84 valence electrons. The van der Waals surface area contributed by atoms with E-state index >= 15 is 0 Å². The molecule has 1 amide bonds. The second-order valence-electron chi connectivity index (χ2n) is 3.11. The van der Waals surface area contributed by atoms with Gasteiger partial charge in [-0.05, 0) is 36.7 Å². The average Bonchev–Trinajstić information content (AvgIpc) is 2.57. The van der Waals surface area contributed by atoms with Crippen molar-refractivity contribution in [3.05, 3.63) is 23.5 Å². The molecule has 0 saturated carbocycles. The van der Waals surface area contributed by atoms with Gasteiger partial charge in [0.15, 0.2) is 0 Å². The molecule has 0 unspecified atom stereocenters. The summed E-state index contributed by atoms with van der Waals surface area (Å²) >= 11 is 5.71.